The summed E-state index contributed by atoms with van der Waals surface area (Å²) in [5, 5.41) is 9.31. The van der Waals surface area contributed by atoms with Crippen molar-refractivity contribution >= 4 is 11.9 Å². The molecular weight excluding hydrogens is 314 g/mol. The van der Waals surface area contributed by atoms with Crippen molar-refractivity contribution in [2.45, 2.75) is 64.8 Å². The lowest BCUT2D eigenvalue weighted by atomic mass is 9.47. The van der Waals surface area contributed by atoms with Crippen molar-refractivity contribution < 1.29 is 14.7 Å². The van der Waals surface area contributed by atoms with E-state index < -0.39 is 5.97 Å². The Labute approximate surface area is 150 Å². The summed E-state index contributed by atoms with van der Waals surface area (Å²) in [6, 6.07) is 0.326. The van der Waals surface area contributed by atoms with Crippen molar-refractivity contribution in [1.29, 1.82) is 0 Å². The standard InChI is InChI=1S/C21H31NO3/c1-20-10-8-16-14(15(20)6-4-13(20)12-19(24)25)5-7-17-21(16,2)11-9-18(23)22(17)3/h9,11,13-17H,4-8,10,12H2,1-3H3,(H,24,25). The van der Waals surface area contributed by atoms with Gasteiger partial charge in [0.25, 0.3) is 0 Å². The Morgan fingerprint density at radius 2 is 1.96 bits per heavy atom. The molecule has 138 valence electrons. The minimum absolute atomic E-state index is 0.0811. The maximum absolute atomic E-state index is 12.1. The fourth-order valence-electron chi connectivity index (χ4n) is 7.39. The predicted molar refractivity (Wildman–Crippen MR) is 95.8 cm³/mol. The molecule has 3 saturated carbocycles. The van der Waals surface area contributed by atoms with Crippen LogP contribution in [0.4, 0.5) is 0 Å². The zero-order chi connectivity index (χ0) is 18.0. The van der Waals surface area contributed by atoms with E-state index >= 15 is 0 Å². The molecule has 3 aliphatic carbocycles. The monoisotopic (exact) mass is 345 g/mol. The molecule has 0 aromatic rings. The molecule has 0 aromatic heterocycles. The number of hydrogen-bond acceptors (Lipinski definition) is 2. The van der Waals surface area contributed by atoms with Crippen LogP contribution in [-0.2, 0) is 9.59 Å². The molecule has 7 atom stereocenters. The largest absolute Gasteiger partial charge is 0.481 e. The highest BCUT2D eigenvalue weighted by atomic mass is 16.4. The number of carboxylic acids is 1. The molecule has 4 aliphatic rings. The highest BCUT2D eigenvalue weighted by Crippen LogP contribution is 2.65. The normalized spacial score (nSPS) is 48.7. The van der Waals surface area contributed by atoms with Crippen LogP contribution in [0.15, 0.2) is 12.2 Å². The van der Waals surface area contributed by atoms with Crippen LogP contribution in [0.25, 0.3) is 0 Å². The Kier molecular flexibility index (Phi) is 3.82. The van der Waals surface area contributed by atoms with Crippen LogP contribution < -0.4 is 0 Å². The molecule has 1 amide bonds. The maximum Gasteiger partial charge on any atom is 0.303 e. The van der Waals surface area contributed by atoms with Gasteiger partial charge in [0.15, 0.2) is 0 Å². The van der Waals surface area contributed by atoms with Gasteiger partial charge in [-0.1, -0.05) is 19.9 Å². The topological polar surface area (TPSA) is 57.6 Å². The van der Waals surface area contributed by atoms with Crippen LogP contribution in [0.1, 0.15) is 58.8 Å². The number of carboxylic acid groups (broad SMARTS) is 1. The van der Waals surface area contributed by atoms with Gasteiger partial charge < -0.3 is 10.0 Å². The summed E-state index contributed by atoms with van der Waals surface area (Å²) in [5.74, 6) is 1.81. The first kappa shape index (κ1) is 17.1. The average Bonchev–Trinajstić information content (AvgIpc) is 2.88. The van der Waals surface area contributed by atoms with Gasteiger partial charge in [0.05, 0.1) is 0 Å². The third-order valence-corrected chi connectivity index (χ3v) is 8.75. The van der Waals surface area contributed by atoms with Crippen molar-refractivity contribution in [3.63, 3.8) is 0 Å². The van der Waals surface area contributed by atoms with Gasteiger partial charge in [-0.05, 0) is 73.7 Å². The van der Waals surface area contributed by atoms with E-state index in [0.29, 0.717) is 36.1 Å². The molecular formula is C21H31NO3. The molecule has 0 spiro atoms. The third kappa shape index (κ3) is 2.32. The smallest absolute Gasteiger partial charge is 0.303 e. The molecule has 3 fully saturated rings. The van der Waals surface area contributed by atoms with Crippen LogP contribution in [0.3, 0.4) is 0 Å². The van der Waals surface area contributed by atoms with E-state index in [1.165, 1.54) is 19.3 Å². The molecule has 0 radical (unpaired) electrons. The minimum Gasteiger partial charge on any atom is -0.481 e. The van der Waals surface area contributed by atoms with Crippen molar-refractivity contribution in [1.82, 2.24) is 4.90 Å². The van der Waals surface area contributed by atoms with Gasteiger partial charge in [0.1, 0.15) is 0 Å². The van der Waals surface area contributed by atoms with Crippen LogP contribution in [0.2, 0.25) is 0 Å². The summed E-state index contributed by atoms with van der Waals surface area (Å²) >= 11 is 0. The molecule has 7 unspecified atom stereocenters. The van der Waals surface area contributed by atoms with Crippen molar-refractivity contribution in [2.24, 2.45) is 34.5 Å². The molecule has 1 heterocycles. The number of aliphatic carboxylic acids is 1. The maximum atomic E-state index is 12.1. The van der Waals surface area contributed by atoms with Crippen molar-refractivity contribution in [3.8, 4) is 0 Å². The van der Waals surface area contributed by atoms with E-state index in [4.69, 9.17) is 0 Å². The second-order valence-electron chi connectivity index (χ2n) is 9.54. The zero-order valence-electron chi connectivity index (χ0n) is 15.7. The van der Waals surface area contributed by atoms with Gasteiger partial charge >= 0.3 is 5.97 Å². The fraction of sp³-hybridized carbons (Fsp3) is 0.810. The molecule has 0 saturated heterocycles. The first-order valence-corrected chi connectivity index (χ1v) is 9.95. The lowest BCUT2D eigenvalue weighted by Crippen LogP contribution is -2.59. The number of amides is 1. The molecule has 1 N–H and O–H groups in total. The van der Waals surface area contributed by atoms with Gasteiger partial charge in [-0.3, -0.25) is 9.59 Å². The second-order valence-corrected chi connectivity index (χ2v) is 9.54. The Morgan fingerprint density at radius 1 is 1.20 bits per heavy atom. The third-order valence-electron chi connectivity index (χ3n) is 8.75. The number of hydrogen-bond donors (Lipinski definition) is 1. The van der Waals surface area contributed by atoms with E-state index in [1.807, 2.05) is 11.9 Å². The van der Waals surface area contributed by atoms with E-state index in [-0.39, 0.29) is 16.7 Å². The summed E-state index contributed by atoms with van der Waals surface area (Å²) < 4.78 is 0. The Balaban J connectivity index is 1.63. The number of likely N-dealkylation sites (N-methyl/N-ethyl adjacent to an activating group) is 1. The highest BCUT2D eigenvalue weighted by Gasteiger charge is 2.60. The molecule has 25 heavy (non-hydrogen) atoms. The summed E-state index contributed by atoms with van der Waals surface area (Å²) in [4.78, 5) is 25.4. The van der Waals surface area contributed by atoms with Gasteiger partial charge in [0, 0.05) is 24.9 Å². The Morgan fingerprint density at radius 3 is 2.68 bits per heavy atom. The number of nitrogens with zero attached hydrogens (tertiary/aromatic N) is 1. The van der Waals surface area contributed by atoms with Gasteiger partial charge in [-0.2, -0.15) is 0 Å². The van der Waals surface area contributed by atoms with Crippen molar-refractivity contribution in [3.05, 3.63) is 12.2 Å². The number of carbonyl (C=O) groups is 2. The first-order chi connectivity index (χ1) is 11.8. The van der Waals surface area contributed by atoms with E-state index in [1.54, 1.807) is 6.08 Å². The highest BCUT2D eigenvalue weighted by molar-refractivity contribution is 5.89. The van der Waals surface area contributed by atoms with Gasteiger partial charge in [-0.25, -0.2) is 0 Å². The number of rotatable bonds is 2. The molecule has 4 rings (SSSR count). The van der Waals surface area contributed by atoms with Crippen LogP contribution in [0, 0.1) is 34.5 Å². The molecule has 0 aromatic carbocycles. The van der Waals surface area contributed by atoms with Gasteiger partial charge in [0.2, 0.25) is 5.91 Å². The summed E-state index contributed by atoms with van der Waals surface area (Å²) in [6.45, 7) is 4.73. The van der Waals surface area contributed by atoms with E-state index in [9.17, 15) is 14.7 Å². The zero-order valence-corrected chi connectivity index (χ0v) is 15.7. The lowest BCUT2D eigenvalue weighted by Gasteiger charge is -2.60. The molecule has 4 heteroatoms. The van der Waals surface area contributed by atoms with Crippen molar-refractivity contribution in [2.75, 3.05) is 7.05 Å². The Hall–Kier alpha value is -1.32. The number of carbonyl (C=O) groups excluding carboxylic acids is 1. The predicted octanol–water partition coefficient (Wildman–Crippen LogP) is 3.72. The average molecular weight is 345 g/mol. The SMILES string of the molecule is CN1C(=O)C=CC2(C)C3CCC4(C)C(CC(=O)O)CCC4C3CCC12. The second kappa shape index (κ2) is 5.59. The quantitative estimate of drug-likeness (QED) is 0.830. The van der Waals surface area contributed by atoms with Crippen LogP contribution in [0.5, 0.6) is 0 Å². The molecule has 1 aliphatic heterocycles. The summed E-state index contributed by atoms with van der Waals surface area (Å²) in [7, 11) is 1.96. The van der Waals surface area contributed by atoms with Gasteiger partial charge in [-0.15, -0.1) is 0 Å². The summed E-state index contributed by atoms with van der Waals surface area (Å²) in [6.07, 6.45) is 11.2. The Bertz CT molecular complexity index is 629. The van der Waals surface area contributed by atoms with Crippen LogP contribution in [-0.4, -0.2) is 35.0 Å². The summed E-state index contributed by atoms with van der Waals surface area (Å²) in [5.41, 5.74) is 0.278. The minimum atomic E-state index is -0.639. The molecule has 4 nitrogen and oxygen atoms in total. The van der Waals surface area contributed by atoms with Crippen LogP contribution >= 0.6 is 0 Å². The fourth-order valence-corrected chi connectivity index (χ4v) is 7.39. The van der Waals surface area contributed by atoms with E-state index in [0.717, 1.165) is 19.3 Å². The first-order valence-electron chi connectivity index (χ1n) is 9.95. The number of fused-ring (bicyclic) bond motifs is 5. The van der Waals surface area contributed by atoms with E-state index in [2.05, 4.69) is 19.9 Å². The molecule has 0 bridgehead atoms. The lowest BCUT2D eigenvalue weighted by molar-refractivity contribution is -0.142.